The van der Waals surface area contributed by atoms with Gasteiger partial charge in [-0.25, -0.2) is 4.79 Å². The molecule has 0 aliphatic carbocycles. The summed E-state index contributed by atoms with van der Waals surface area (Å²) >= 11 is 0. The van der Waals surface area contributed by atoms with Crippen molar-refractivity contribution in [3.8, 4) is 5.75 Å². The second kappa shape index (κ2) is 9.42. The Morgan fingerprint density at radius 3 is 2.39 bits per heavy atom. The van der Waals surface area contributed by atoms with E-state index in [1.54, 1.807) is 24.3 Å². The number of aliphatic hydroxyl groups is 1. The topological polar surface area (TPSA) is 114 Å². The van der Waals surface area contributed by atoms with Crippen LogP contribution in [0.3, 0.4) is 0 Å². The molecule has 126 valence electrons. The summed E-state index contributed by atoms with van der Waals surface area (Å²) in [5, 5.41) is 13.6. The number of carbonyl (C=O) groups is 3. The van der Waals surface area contributed by atoms with Crippen molar-refractivity contribution < 1.29 is 29.0 Å². The Bertz CT molecular complexity index is 543. The first-order valence-corrected chi connectivity index (χ1v) is 7.00. The average Bonchev–Trinajstić information content (AvgIpc) is 2.57. The second-order valence-corrected chi connectivity index (χ2v) is 4.47. The number of carbonyl (C=O) groups excluding carboxylic acids is 3. The van der Waals surface area contributed by atoms with Crippen molar-refractivity contribution >= 4 is 17.8 Å². The predicted octanol–water partition coefficient (Wildman–Crippen LogP) is -0.535. The summed E-state index contributed by atoms with van der Waals surface area (Å²) in [5.74, 6) is -1.18. The zero-order chi connectivity index (χ0) is 17.2. The van der Waals surface area contributed by atoms with Gasteiger partial charge in [0.1, 0.15) is 5.75 Å². The summed E-state index contributed by atoms with van der Waals surface area (Å²) in [4.78, 5) is 34.8. The highest BCUT2D eigenvalue weighted by molar-refractivity contribution is 5.97. The minimum Gasteiger partial charge on any atom is -0.494 e. The molecule has 0 fully saturated rings. The van der Waals surface area contributed by atoms with E-state index in [4.69, 9.17) is 9.84 Å². The number of nitrogens with one attached hydrogen (secondary N) is 2. The Hall–Kier alpha value is -2.61. The minimum atomic E-state index is -1.16. The van der Waals surface area contributed by atoms with Crippen molar-refractivity contribution in [2.75, 3.05) is 26.9 Å². The van der Waals surface area contributed by atoms with Crippen LogP contribution in [-0.2, 0) is 14.3 Å². The van der Waals surface area contributed by atoms with E-state index in [1.807, 2.05) is 6.92 Å². The van der Waals surface area contributed by atoms with E-state index in [-0.39, 0.29) is 6.54 Å². The highest BCUT2D eigenvalue weighted by atomic mass is 16.5. The van der Waals surface area contributed by atoms with Gasteiger partial charge in [0.15, 0.2) is 6.04 Å². The number of ether oxygens (including phenoxy) is 2. The number of methoxy groups -OCH3 is 1. The van der Waals surface area contributed by atoms with Crippen LogP contribution in [0.15, 0.2) is 24.3 Å². The molecule has 1 aromatic carbocycles. The molecule has 2 amide bonds. The Morgan fingerprint density at radius 2 is 1.87 bits per heavy atom. The minimum absolute atomic E-state index is 0.334. The van der Waals surface area contributed by atoms with Crippen molar-refractivity contribution in [2.24, 2.45) is 0 Å². The van der Waals surface area contributed by atoms with Gasteiger partial charge < -0.3 is 25.2 Å². The summed E-state index contributed by atoms with van der Waals surface area (Å²) < 4.78 is 9.68. The molecule has 0 spiro atoms. The number of rotatable bonds is 8. The van der Waals surface area contributed by atoms with Crippen LogP contribution in [0.5, 0.6) is 5.75 Å². The SMILES string of the molecule is CCOc1ccc(C(=O)NCC(=O)N[C@@H](CO)C(=O)OC)cc1. The van der Waals surface area contributed by atoms with E-state index in [9.17, 15) is 14.4 Å². The first kappa shape index (κ1) is 18.4. The molecule has 1 aromatic rings. The van der Waals surface area contributed by atoms with Crippen LogP contribution in [0.25, 0.3) is 0 Å². The van der Waals surface area contributed by atoms with Crippen LogP contribution in [0.2, 0.25) is 0 Å². The molecule has 8 nitrogen and oxygen atoms in total. The van der Waals surface area contributed by atoms with Gasteiger partial charge in [-0.1, -0.05) is 0 Å². The molecule has 0 saturated carbocycles. The summed E-state index contributed by atoms with van der Waals surface area (Å²) in [6.45, 7) is 1.45. The number of aliphatic hydroxyl groups excluding tert-OH is 1. The summed E-state index contributed by atoms with van der Waals surface area (Å²) in [6.07, 6.45) is 0. The van der Waals surface area contributed by atoms with Gasteiger partial charge in [-0.3, -0.25) is 9.59 Å². The lowest BCUT2D eigenvalue weighted by Gasteiger charge is -2.14. The summed E-state index contributed by atoms with van der Waals surface area (Å²) in [5.41, 5.74) is 0.368. The first-order valence-electron chi connectivity index (χ1n) is 7.00. The van der Waals surface area contributed by atoms with Crippen LogP contribution >= 0.6 is 0 Å². The maximum Gasteiger partial charge on any atom is 0.330 e. The Morgan fingerprint density at radius 1 is 1.22 bits per heavy atom. The fraction of sp³-hybridized carbons (Fsp3) is 0.400. The summed E-state index contributed by atoms with van der Waals surface area (Å²) in [7, 11) is 1.14. The molecule has 0 bridgehead atoms. The quantitative estimate of drug-likeness (QED) is 0.554. The van der Waals surface area contributed by atoms with Gasteiger partial charge in [0.25, 0.3) is 5.91 Å². The van der Waals surface area contributed by atoms with E-state index >= 15 is 0 Å². The van der Waals surface area contributed by atoms with Gasteiger partial charge in [-0.05, 0) is 31.2 Å². The largest absolute Gasteiger partial charge is 0.494 e. The van der Waals surface area contributed by atoms with E-state index < -0.39 is 30.4 Å². The van der Waals surface area contributed by atoms with Gasteiger partial charge >= 0.3 is 5.97 Å². The molecule has 0 aliphatic heterocycles. The van der Waals surface area contributed by atoms with Crippen LogP contribution in [-0.4, -0.2) is 55.8 Å². The maximum atomic E-state index is 11.9. The fourth-order valence-electron chi connectivity index (χ4n) is 1.70. The van der Waals surface area contributed by atoms with E-state index in [0.29, 0.717) is 17.9 Å². The molecule has 0 unspecified atom stereocenters. The van der Waals surface area contributed by atoms with Crippen LogP contribution in [0.4, 0.5) is 0 Å². The predicted molar refractivity (Wildman–Crippen MR) is 81.0 cm³/mol. The average molecular weight is 324 g/mol. The number of hydrogen-bond donors (Lipinski definition) is 3. The molecular formula is C15H20N2O6. The van der Waals surface area contributed by atoms with Gasteiger partial charge in [-0.15, -0.1) is 0 Å². The van der Waals surface area contributed by atoms with Crippen molar-refractivity contribution in [1.82, 2.24) is 10.6 Å². The monoisotopic (exact) mass is 324 g/mol. The second-order valence-electron chi connectivity index (χ2n) is 4.47. The van der Waals surface area contributed by atoms with Crippen molar-refractivity contribution in [3.05, 3.63) is 29.8 Å². The van der Waals surface area contributed by atoms with E-state index in [0.717, 1.165) is 7.11 Å². The zero-order valence-electron chi connectivity index (χ0n) is 13.0. The number of hydrogen-bond acceptors (Lipinski definition) is 6. The molecular weight excluding hydrogens is 304 g/mol. The van der Waals surface area contributed by atoms with Crippen molar-refractivity contribution in [1.29, 1.82) is 0 Å². The van der Waals surface area contributed by atoms with Gasteiger partial charge in [0.2, 0.25) is 5.91 Å². The lowest BCUT2D eigenvalue weighted by atomic mass is 10.2. The molecule has 23 heavy (non-hydrogen) atoms. The van der Waals surface area contributed by atoms with Crippen LogP contribution < -0.4 is 15.4 Å². The van der Waals surface area contributed by atoms with Gasteiger partial charge in [0.05, 0.1) is 26.9 Å². The smallest absolute Gasteiger partial charge is 0.330 e. The van der Waals surface area contributed by atoms with Crippen LogP contribution in [0.1, 0.15) is 17.3 Å². The third-order valence-electron chi connectivity index (χ3n) is 2.84. The maximum absolute atomic E-state index is 11.9. The zero-order valence-corrected chi connectivity index (χ0v) is 13.0. The van der Waals surface area contributed by atoms with Crippen molar-refractivity contribution in [3.63, 3.8) is 0 Å². The number of benzene rings is 1. The number of esters is 1. The highest BCUT2D eigenvalue weighted by Gasteiger charge is 2.20. The normalized spacial score (nSPS) is 11.3. The molecule has 0 saturated heterocycles. The highest BCUT2D eigenvalue weighted by Crippen LogP contribution is 2.11. The molecule has 0 heterocycles. The first-order chi connectivity index (χ1) is 11.0. The van der Waals surface area contributed by atoms with Gasteiger partial charge in [-0.2, -0.15) is 0 Å². The molecule has 1 rings (SSSR count). The fourth-order valence-corrected chi connectivity index (χ4v) is 1.70. The van der Waals surface area contributed by atoms with Crippen molar-refractivity contribution in [2.45, 2.75) is 13.0 Å². The van der Waals surface area contributed by atoms with Gasteiger partial charge in [0, 0.05) is 5.56 Å². The number of amides is 2. The molecule has 0 aromatic heterocycles. The third kappa shape index (κ3) is 5.95. The summed E-state index contributed by atoms with van der Waals surface area (Å²) in [6, 6.07) is 5.29. The molecule has 3 N–H and O–H groups in total. The van der Waals surface area contributed by atoms with Crippen LogP contribution in [0, 0.1) is 0 Å². The molecule has 0 aliphatic rings. The Balaban J connectivity index is 2.48. The lowest BCUT2D eigenvalue weighted by Crippen LogP contribution is -2.47. The van der Waals surface area contributed by atoms with E-state index in [2.05, 4.69) is 15.4 Å². The molecule has 8 heteroatoms. The molecule has 1 atom stereocenters. The Kier molecular flexibility index (Phi) is 7.55. The third-order valence-corrected chi connectivity index (χ3v) is 2.84. The lowest BCUT2D eigenvalue weighted by molar-refractivity contribution is -0.146. The standard InChI is InChI=1S/C15H20N2O6/c1-3-23-11-6-4-10(5-7-11)14(20)16-8-13(19)17-12(9-18)15(21)22-2/h4-7,12,18H,3,8-9H2,1-2H3,(H,16,20)(H,17,19)/t12-/m0/s1. The van der Waals surface area contributed by atoms with E-state index in [1.165, 1.54) is 0 Å². The Labute approximate surface area is 133 Å². The molecule has 0 radical (unpaired) electrons.